The molecule has 1 aromatic carbocycles. The number of aryl methyl sites for hydroxylation is 1. The topological polar surface area (TPSA) is 92.9 Å². The molecule has 0 amide bonds. The van der Waals surface area contributed by atoms with Crippen molar-refractivity contribution in [2.75, 3.05) is 0 Å². The summed E-state index contributed by atoms with van der Waals surface area (Å²) in [5, 5.41) is 21.1. The second-order valence-corrected chi connectivity index (χ2v) is 7.24. The fourth-order valence-corrected chi connectivity index (χ4v) is 3.11. The SMILES string of the molecule is Cc1cc(C(=O)O)cc(CNCc2nnc(C(C)C)n2Cc2ccc(F)cc2)n1. The summed E-state index contributed by atoms with van der Waals surface area (Å²) in [6, 6.07) is 9.49. The van der Waals surface area contributed by atoms with Crippen LogP contribution in [-0.2, 0) is 19.6 Å². The van der Waals surface area contributed by atoms with Gasteiger partial charge < -0.3 is 15.0 Å². The highest BCUT2D eigenvalue weighted by Crippen LogP contribution is 2.16. The van der Waals surface area contributed by atoms with Gasteiger partial charge in [-0.25, -0.2) is 9.18 Å². The van der Waals surface area contributed by atoms with E-state index in [9.17, 15) is 14.3 Å². The van der Waals surface area contributed by atoms with Crippen LogP contribution in [0.25, 0.3) is 0 Å². The maximum absolute atomic E-state index is 13.2. The molecule has 0 saturated heterocycles. The van der Waals surface area contributed by atoms with Crippen molar-refractivity contribution in [1.29, 1.82) is 0 Å². The van der Waals surface area contributed by atoms with Crippen molar-refractivity contribution < 1.29 is 14.3 Å². The van der Waals surface area contributed by atoms with Crippen LogP contribution in [0.2, 0.25) is 0 Å². The van der Waals surface area contributed by atoms with E-state index >= 15 is 0 Å². The van der Waals surface area contributed by atoms with Gasteiger partial charge in [0.15, 0.2) is 0 Å². The molecular formula is C21H24FN5O2. The smallest absolute Gasteiger partial charge is 0.335 e. The van der Waals surface area contributed by atoms with Crippen LogP contribution in [0.3, 0.4) is 0 Å². The Morgan fingerprint density at radius 3 is 2.55 bits per heavy atom. The molecule has 3 aromatic rings. The lowest BCUT2D eigenvalue weighted by Crippen LogP contribution is -2.19. The Morgan fingerprint density at radius 2 is 1.90 bits per heavy atom. The minimum atomic E-state index is -0.975. The number of pyridine rings is 1. The minimum Gasteiger partial charge on any atom is -0.478 e. The Bertz CT molecular complexity index is 999. The number of aromatic carboxylic acids is 1. The number of carbonyl (C=O) groups is 1. The number of aromatic nitrogens is 4. The molecule has 2 heterocycles. The van der Waals surface area contributed by atoms with Crippen molar-refractivity contribution in [2.45, 2.75) is 46.3 Å². The summed E-state index contributed by atoms with van der Waals surface area (Å²) in [4.78, 5) is 15.6. The normalized spacial score (nSPS) is 11.2. The van der Waals surface area contributed by atoms with Crippen molar-refractivity contribution >= 4 is 5.97 Å². The molecule has 0 bridgehead atoms. The molecule has 8 heteroatoms. The zero-order valence-corrected chi connectivity index (χ0v) is 16.7. The molecule has 0 aliphatic rings. The first kappa shape index (κ1) is 20.6. The van der Waals surface area contributed by atoms with Gasteiger partial charge in [0.25, 0.3) is 0 Å². The van der Waals surface area contributed by atoms with Gasteiger partial charge in [-0.3, -0.25) is 4.98 Å². The van der Waals surface area contributed by atoms with E-state index in [0.29, 0.717) is 31.0 Å². The van der Waals surface area contributed by atoms with Crippen LogP contribution < -0.4 is 5.32 Å². The summed E-state index contributed by atoms with van der Waals surface area (Å²) in [7, 11) is 0. The predicted octanol–water partition coefficient (Wildman–Crippen LogP) is 3.28. The number of nitrogens with one attached hydrogen (secondary N) is 1. The van der Waals surface area contributed by atoms with Crippen LogP contribution in [0.5, 0.6) is 0 Å². The van der Waals surface area contributed by atoms with Gasteiger partial charge in [0.1, 0.15) is 17.5 Å². The van der Waals surface area contributed by atoms with Crippen molar-refractivity contribution in [1.82, 2.24) is 25.1 Å². The number of hydrogen-bond acceptors (Lipinski definition) is 5. The van der Waals surface area contributed by atoms with Crippen molar-refractivity contribution in [3.8, 4) is 0 Å². The van der Waals surface area contributed by atoms with Crippen LogP contribution >= 0.6 is 0 Å². The van der Waals surface area contributed by atoms with Crippen molar-refractivity contribution in [3.05, 3.63) is 76.4 Å². The van der Waals surface area contributed by atoms with E-state index in [-0.39, 0.29) is 17.3 Å². The van der Waals surface area contributed by atoms with E-state index in [1.54, 1.807) is 31.2 Å². The number of hydrogen-bond donors (Lipinski definition) is 2. The number of carboxylic acid groups (broad SMARTS) is 1. The Hall–Kier alpha value is -3.13. The number of benzene rings is 1. The van der Waals surface area contributed by atoms with Crippen molar-refractivity contribution in [3.63, 3.8) is 0 Å². The molecule has 0 radical (unpaired) electrons. The molecule has 0 unspecified atom stereocenters. The first-order chi connectivity index (χ1) is 13.8. The van der Waals surface area contributed by atoms with Gasteiger partial charge in [-0.05, 0) is 36.8 Å². The maximum Gasteiger partial charge on any atom is 0.335 e. The quantitative estimate of drug-likeness (QED) is 0.606. The third-order valence-corrected chi connectivity index (χ3v) is 4.47. The molecule has 0 aliphatic heterocycles. The minimum absolute atomic E-state index is 0.188. The van der Waals surface area contributed by atoms with Gasteiger partial charge in [0, 0.05) is 18.2 Å². The molecule has 2 aromatic heterocycles. The Morgan fingerprint density at radius 1 is 1.17 bits per heavy atom. The molecule has 0 fully saturated rings. The van der Waals surface area contributed by atoms with Gasteiger partial charge in [0.2, 0.25) is 0 Å². The standard InChI is InChI=1S/C21H24FN5O2/c1-13(2)20-26-25-19(27(20)12-15-4-6-17(22)7-5-15)11-23-10-18-9-16(21(28)29)8-14(3)24-18/h4-9,13,23H,10-12H2,1-3H3,(H,28,29). The lowest BCUT2D eigenvalue weighted by molar-refractivity contribution is 0.0696. The second-order valence-electron chi connectivity index (χ2n) is 7.24. The lowest BCUT2D eigenvalue weighted by atomic mass is 10.2. The number of halogens is 1. The highest BCUT2D eigenvalue weighted by atomic mass is 19.1. The van der Waals surface area contributed by atoms with Crippen LogP contribution in [0.15, 0.2) is 36.4 Å². The van der Waals surface area contributed by atoms with Gasteiger partial charge in [0.05, 0.1) is 24.3 Å². The average molecular weight is 397 g/mol. The monoisotopic (exact) mass is 397 g/mol. The van der Waals surface area contributed by atoms with E-state index in [2.05, 4.69) is 20.5 Å². The zero-order chi connectivity index (χ0) is 21.0. The first-order valence-electron chi connectivity index (χ1n) is 9.41. The molecule has 3 rings (SSSR count). The summed E-state index contributed by atoms with van der Waals surface area (Å²) in [5.41, 5.74) is 2.48. The maximum atomic E-state index is 13.2. The summed E-state index contributed by atoms with van der Waals surface area (Å²) >= 11 is 0. The van der Waals surface area contributed by atoms with Gasteiger partial charge in [-0.15, -0.1) is 10.2 Å². The van der Waals surface area contributed by atoms with E-state index in [4.69, 9.17) is 0 Å². The molecule has 152 valence electrons. The Kier molecular flexibility index (Phi) is 6.33. The molecule has 0 aliphatic carbocycles. The second kappa shape index (κ2) is 8.91. The molecular weight excluding hydrogens is 373 g/mol. The summed E-state index contributed by atoms with van der Waals surface area (Å²) in [6.07, 6.45) is 0. The number of nitrogens with zero attached hydrogens (tertiary/aromatic N) is 4. The molecule has 2 N–H and O–H groups in total. The van der Waals surface area contributed by atoms with E-state index in [1.165, 1.54) is 12.1 Å². The fraction of sp³-hybridized carbons (Fsp3) is 0.333. The van der Waals surface area contributed by atoms with Crippen molar-refractivity contribution in [2.24, 2.45) is 0 Å². The Labute approximate surface area is 168 Å². The molecule has 0 saturated carbocycles. The summed E-state index contributed by atoms with van der Waals surface area (Å²) < 4.78 is 15.2. The highest BCUT2D eigenvalue weighted by Gasteiger charge is 2.15. The summed E-state index contributed by atoms with van der Waals surface area (Å²) in [6.45, 7) is 7.26. The molecule has 0 atom stereocenters. The van der Waals surface area contributed by atoms with Crippen LogP contribution in [0.1, 0.15) is 58.7 Å². The lowest BCUT2D eigenvalue weighted by Gasteiger charge is -2.13. The first-order valence-corrected chi connectivity index (χ1v) is 9.41. The summed E-state index contributed by atoms with van der Waals surface area (Å²) in [5.74, 6) is 0.553. The van der Waals surface area contributed by atoms with E-state index in [1.807, 2.05) is 18.4 Å². The number of carboxylic acids is 1. The largest absolute Gasteiger partial charge is 0.478 e. The fourth-order valence-electron chi connectivity index (χ4n) is 3.11. The predicted molar refractivity (Wildman–Crippen MR) is 106 cm³/mol. The molecule has 29 heavy (non-hydrogen) atoms. The molecule has 7 nitrogen and oxygen atoms in total. The number of rotatable bonds is 8. The highest BCUT2D eigenvalue weighted by molar-refractivity contribution is 5.87. The van der Waals surface area contributed by atoms with Gasteiger partial charge >= 0.3 is 5.97 Å². The van der Waals surface area contributed by atoms with E-state index < -0.39 is 5.97 Å². The van der Waals surface area contributed by atoms with Gasteiger partial charge in [-0.1, -0.05) is 26.0 Å². The van der Waals surface area contributed by atoms with Crippen LogP contribution in [0.4, 0.5) is 4.39 Å². The van der Waals surface area contributed by atoms with Crippen LogP contribution in [0, 0.1) is 12.7 Å². The van der Waals surface area contributed by atoms with Crippen LogP contribution in [-0.4, -0.2) is 30.8 Å². The van der Waals surface area contributed by atoms with Gasteiger partial charge in [-0.2, -0.15) is 0 Å². The third kappa shape index (κ3) is 5.23. The molecule has 0 spiro atoms. The van der Waals surface area contributed by atoms with E-state index in [0.717, 1.165) is 17.2 Å². The zero-order valence-electron chi connectivity index (χ0n) is 16.7. The Balaban J connectivity index is 1.74. The average Bonchev–Trinajstić information content (AvgIpc) is 3.06. The third-order valence-electron chi connectivity index (χ3n) is 4.47.